The molecule has 0 aliphatic heterocycles. The molecule has 180 valence electrons. The lowest BCUT2D eigenvalue weighted by atomic mass is 10.1. The van der Waals surface area contributed by atoms with Gasteiger partial charge in [-0.2, -0.15) is 0 Å². The first-order chi connectivity index (χ1) is 17.0. The number of hydrogen-bond acceptors (Lipinski definition) is 9. The van der Waals surface area contributed by atoms with E-state index in [1.54, 1.807) is 12.1 Å². The fraction of sp³-hybridized carbons (Fsp3) is 0.280. The number of aromatic nitrogens is 4. The molecule has 0 unspecified atom stereocenters. The summed E-state index contributed by atoms with van der Waals surface area (Å²) in [6, 6.07) is 16.9. The lowest BCUT2D eigenvalue weighted by Gasteiger charge is -2.00. The Hall–Kier alpha value is -3.50. The van der Waals surface area contributed by atoms with Crippen molar-refractivity contribution in [2.45, 2.75) is 44.9 Å². The van der Waals surface area contributed by atoms with E-state index in [4.69, 9.17) is 5.73 Å². The first kappa shape index (κ1) is 24.6. The zero-order valence-corrected chi connectivity index (χ0v) is 20.8. The van der Waals surface area contributed by atoms with Crippen LogP contribution >= 0.6 is 22.7 Å². The standard InChI is InChI=1S/C25H26N6O2S2/c26-19-12-10-18(11-13-19)14-20(32)16-24-30-28-22(34-24)8-4-5-9-23-29-31-25(35-23)27-21(33)15-17-6-2-1-3-7-17/h1-3,6-7,10-13H,4-5,8-9,14-16,26H2,(H,27,31,33). The smallest absolute Gasteiger partial charge is 0.230 e. The van der Waals surface area contributed by atoms with Gasteiger partial charge in [0.25, 0.3) is 0 Å². The van der Waals surface area contributed by atoms with Crippen LogP contribution < -0.4 is 11.1 Å². The van der Waals surface area contributed by atoms with Gasteiger partial charge < -0.3 is 11.1 Å². The van der Waals surface area contributed by atoms with E-state index in [9.17, 15) is 9.59 Å². The van der Waals surface area contributed by atoms with Gasteiger partial charge in [-0.1, -0.05) is 53.8 Å². The van der Waals surface area contributed by atoms with E-state index in [0.29, 0.717) is 30.1 Å². The van der Waals surface area contributed by atoms with Crippen LogP contribution in [0.4, 0.5) is 10.8 Å². The average Bonchev–Trinajstić information content (AvgIpc) is 3.48. The maximum atomic E-state index is 12.3. The average molecular weight is 507 g/mol. The number of rotatable bonds is 12. The molecular formula is C25H26N6O2S2. The van der Waals surface area contributed by atoms with Crippen molar-refractivity contribution < 1.29 is 9.59 Å². The molecule has 4 aromatic rings. The molecule has 0 aliphatic carbocycles. The maximum absolute atomic E-state index is 12.3. The molecule has 0 atom stereocenters. The summed E-state index contributed by atoms with van der Waals surface area (Å²) in [6.07, 6.45) is 4.44. The number of hydrogen-bond donors (Lipinski definition) is 2. The summed E-state index contributed by atoms with van der Waals surface area (Å²) >= 11 is 2.90. The number of aryl methyl sites for hydroxylation is 2. The molecule has 0 aliphatic rings. The monoisotopic (exact) mass is 506 g/mol. The normalized spacial score (nSPS) is 10.9. The number of nitrogens with two attached hydrogens (primary N) is 1. The van der Waals surface area contributed by atoms with E-state index < -0.39 is 0 Å². The van der Waals surface area contributed by atoms with Crippen molar-refractivity contribution in [1.29, 1.82) is 0 Å². The number of nitrogens with one attached hydrogen (secondary N) is 1. The van der Waals surface area contributed by atoms with Crippen LogP contribution in [0, 0.1) is 0 Å². The minimum atomic E-state index is -0.0991. The number of nitrogens with zero attached hydrogens (tertiary/aromatic N) is 4. The van der Waals surface area contributed by atoms with Crippen LogP contribution in [0.1, 0.15) is 39.0 Å². The van der Waals surface area contributed by atoms with Gasteiger partial charge in [-0.25, -0.2) is 0 Å². The third-order valence-corrected chi connectivity index (χ3v) is 7.07. The van der Waals surface area contributed by atoms with Gasteiger partial charge in [0.1, 0.15) is 20.8 Å². The largest absolute Gasteiger partial charge is 0.399 e. The summed E-state index contributed by atoms with van der Waals surface area (Å²) in [5.74, 6) is 0.0123. The first-order valence-corrected chi connectivity index (χ1v) is 13.0. The number of carbonyl (C=O) groups is 2. The van der Waals surface area contributed by atoms with Gasteiger partial charge in [-0.15, -0.1) is 31.7 Å². The number of ketones is 1. The molecule has 4 rings (SSSR count). The van der Waals surface area contributed by atoms with Crippen LogP contribution in [0.2, 0.25) is 0 Å². The third kappa shape index (κ3) is 8.04. The molecule has 2 aromatic carbocycles. The number of anilines is 2. The van der Waals surface area contributed by atoms with E-state index in [0.717, 1.165) is 51.8 Å². The molecule has 0 radical (unpaired) electrons. The summed E-state index contributed by atoms with van der Waals surface area (Å²) in [4.78, 5) is 24.5. The lowest BCUT2D eigenvalue weighted by molar-refractivity contribution is -0.118. The van der Waals surface area contributed by atoms with Gasteiger partial charge >= 0.3 is 0 Å². The number of unbranched alkanes of at least 4 members (excludes halogenated alkanes) is 1. The molecule has 1 amide bonds. The second kappa shape index (κ2) is 12.3. The Morgan fingerprint density at radius 1 is 0.714 bits per heavy atom. The topological polar surface area (TPSA) is 124 Å². The van der Waals surface area contributed by atoms with E-state index in [1.165, 1.54) is 22.7 Å². The zero-order chi connectivity index (χ0) is 24.5. The molecular weight excluding hydrogens is 480 g/mol. The highest BCUT2D eigenvalue weighted by atomic mass is 32.1. The van der Waals surface area contributed by atoms with E-state index in [-0.39, 0.29) is 11.7 Å². The van der Waals surface area contributed by atoms with Crippen LogP contribution in [0.3, 0.4) is 0 Å². The predicted octanol–water partition coefficient (Wildman–Crippen LogP) is 4.07. The van der Waals surface area contributed by atoms with Crippen LogP contribution in [0.25, 0.3) is 0 Å². The first-order valence-electron chi connectivity index (χ1n) is 11.4. The zero-order valence-electron chi connectivity index (χ0n) is 19.1. The lowest BCUT2D eigenvalue weighted by Crippen LogP contribution is -2.14. The van der Waals surface area contributed by atoms with Gasteiger partial charge in [0, 0.05) is 24.9 Å². The molecule has 0 saturated heterocycles. The third-order valence-electron chi connectivity index (χ3n) is 5.19. The minimum Gasteiger partial charge on any atom is -0.399 e. The molecule has 35 heavy (non-hydrogen) atoms. The Balaban J connectivity index is 1.15. The van der Waals surface area contributed by atoms with Crippen molar-refractivity contribution in [3.05, 3.63) is 80.7 Å². The van der Waals surface area contributed by atoms with Crippen LogP contribution in [-0.2, 0) is 41.7 Å². The molecule has 2 aromatic heterocycles. The molecule has 0 fully saturated rings. The fourth-order valence-corrected chi connectivity index (χ4v) is 5.17. The fourth-order valence-electron chi connectivity index (χ4n) is 3.46. The van der Waals surface area contributed by atoms with Crippen molar-refractivity contribution in [1.82, 2.24) is 20.4 Å². The van der Waals surface area contributed by atoms with Gasteiger partial charge in [0.2, 0.25) is 11.0 Å². The van der Waals surface area contributed by atoms with Crippen molar-refractivity contribution in [2.75, 3.05) is 11.1 Å². The Bertz CT molecular complexity index is 1250. The number of amides is 1. The second-order valence-electron chi connectivity index (χ2n) is 8.14. The summed E-state index contributed by atoms with van der Waals surface area (Å²) in [6.45, 7) is 0. The Kier molecular flexibility index (Phi) is 8.63. The Morgan fingerprint density at radius 2 is 1.34 bits per heavy atom. The molecule has 3 N–H and O–H groups in total. The van der Waals surface area contributed by atoms with Crippen LogP contribution in [-0.4, -0.2) is 32.1 Å². The molecule has 8 nitrogen and oxygen atoms in total. The molecule has 0 spiro atoms. The van der Waals surface area contributed by atoms with Crippen molar-refractivity contribution in [2.24, 2.45) is 0 Å². The molecule has 2 heterocycles. The molecule has 0 bridgehead atoms. The van der Waals surface area contributed by atoms with E-state index in [2.05, 4.69) is 25.7 Å². The van der Waals surface area contributed by atoms with Gasteiger partial charge in [-0.05, 0) is 36.1 Å². The highest BCUT2D eigenvalue weighted by molar-refractivity contribution is 7.15. The van der Waals surface area contributed by atoms with Gasteiger partial charge in [0.15, 0.2) is 0 Å². The van der Waals surface area contributed by atoms with Crippen LogP contribution in [0.15, 0.2) is 54.6 Å². The maximum Gasteiger partial charge on any atom is 0.230 e. The summed E-state index contributed by atoms with van der Waals surface area (Å²) in [5, 5.41) is 22.6. The Labute approximate surface area is 211 Å². The van der Waals surface area contributed by atoms with E-state index >= 15 is 0 Å². The minimum absolute atomic E-state index is 0.0991. The van der Waals surface area contributed by atoms with Crippen LogP contribution in [0.5, 0.6) is 0 Å². The Morgan fingerprint density at radius 3 is 2.09 bits per heavy atom. The van der Waals surface area contributed by atoms with Gasteiger partial charge in [-0.3, -0.25) is 9.59 Å². The SMILES string of the molecule is Nc1ccc(CC(=O)Cc2nnc(CCCCc3nnc(NC(=O)Cc4ccccc4)s3)s2)cc1. The van der Waals surface area contributed by atoms with E-state index in [1.807, 2.05) is 42.5 Å². The van der Waals surface area contributed by atoms with Crippen molar-refractivity contribution in [3.63, 3.8) is 0 Å². The quantitative estimate of drug-likeness (QED) is 0.219. The number of carbonyl (C=O) groups excluding carboxylic acids is 2. The van der Waals surface area contributed by atoms with Crippen molar-refractivity contribution in [3.8, 4) is 0 Å². The number of Topliss-reactive ketones (excluding diaryl/α,β-unsaturated/α-hetero) is 1. The highest BCUT2D eigenvalue weighted by Crippen LogP contribution is 2.19. The number of benzene rings is 2. The summed E-state index contributed by atoms with van der Waals surface area (Å²) in [5.41, 5.74) is 8.28. The molecule has 0 saturated carbocycles. The predicted molar refractivity (Wildman–Crippen MR) is 139 cm³/mol. The van der Waals surface area contributed by atoms with Crippen molar-refractivity contribution >= 4 is 45.2 Å². The second-order valence-corrected chi connectivity index (χ2v) is 10.4. The number of nitrogen functional groups attached to an aromatic ring is 1. The summed E-state index contributed by atoms with van der Waals surface area (Å²) in [7, 11) is 0. The molecule has 10 heteroatoms. The highest BCUT2D eigenvalue weighted by Gasteiger charge is 2.12. The van der Waals surface area contributed by atoms with Gasteiger partial charge in [0.05, 0.1) is 12.8 Å². The summed E-state index contributed by atoms with van der Waals surface area (Å²) < 4.78 is 0.